The Kier molecular flexibility index (Phi) is 5.81. The van der Waals surface area contributed by atoms with Crippen LogP contribution < -0.4 is 15.4 Å². The lowest BCUT2D eigenvalue weighted by molar-refractivity contribution is -0.122. The molecule has 0 heterocycles. The zero-order valence-corrected chi connectivity index (χ0v) is 11.0. The number of likely N-dealkylation sites (N-methyl/N-ethyl adjacent to an activating group) is 1. The standard InChI is InChI=1S/C13H18N2O4/c1-9(12(16)14-2)15-7-8-19-11-6-4-3-5-10(11)13(17)18/h3-6,9,15H,7-8H2,1-2H3,(H,14,16)(H,17,18). The van der Waals surface area contributed by atoms with Gasteiger partial charge in [-0.3, -0.25) is 4.79 Å². The first-order valence-corrected chi connectivity index (χ1v) is 5.96. The fraction of sp³-hybridized carbons (Fsp3) is 0.385. The third-order valence-corrected chi connectivity index (χ3v) is 2.57. The molecule has 0 bridgehead atoms. The van der Waals surface area contributed by atoms with E-state index in [2.05, 4.69) is 10.6 Å². The number of aromatic carboxylic acids is 1. The number of rotatable bonds is 7. The average molecular weight is 266 g/mol. The molecule has 6 heteroatoms. The number of carboxylic acids is 1. The van der Waals surface area contributed by atoms with Crippen LogP contribution in [0, 0.1) is 0 Å². The maximum atomic E-state index is 11.2. The van der Waals surface area contributed by atoms with Crippen molar-refractivity contribution in [2.45, 2.75) is 13.0 Å². The molecule has 0 radical (unpaired) electrons. The highest BCUT2D eigenvalue weighted by Crippen LogP contribution is 2.17. The predicted octanol–water partition coefficient (Wildman–Crippen LogP) is 0.488. The Morgan fingerprint density at radius 1 is 1.37 bits per heavy atom. The van der Waals surface area contributed by atoms with Gasteiger partial charge in [0.1, 0.15) is 17.9 Å². The number of carbonyl (C=O) groups excluding carboxylic acids is 1. The van der Waals surface area contributed by atoms with E-state index in [0.717, 1.165) is 0 Å². The number of para-hydroxylation sites is 1. The van der Waals surface area contributed by atoms with E-state index in [1.807, 2.05) is 0 Å². The van der Waals surface area contributed by atoms with Crippen LogP contribution in [-0.2, 0) is 4.79 Å². The average Bonchev–Trinajstić information content (AvgIpc) is 2.42. The highest BCUT2D eigenvalue weighted by Gasteiger charge is 2.11. The van der Waals surface area contributed by atoms with Gasteiger partial charge in [0.25, 0.3) is 0 Å². The highest BCUT2D eigenvalue weighted by atomic mass is 16.5. The van der Waals surface area contributed by atoms with Gasteiger partial charge in [-0.15, -0.1) is 0 Å². The smallest absolute Gasteiger partial charge is 0.339 e. The van der Waals surface area contributed by atoms with Crippen LogP contribution in [0.4, 0.5) is 0 Å². The van der Waals surface area contributed by atoms with Crippen molar-refractivity contribution in [1.82, 2.24) is 10.6 Å². The van der Waals surface area contributed by atoms with Crippen molar-refractivity contribution in [2.75, 3.05) is 20.2 Å². The van der Waals surface area contributed by atoms with Gasteiger partial charge in [-0.25, -0.2) is 4.79 Å². The zero-order valence-electron chi connectivity index (χ0n) is 11.0. The Balaban J connectivity index is 2.42. The molecule has 0 saturated carbocycles. The fourth-order valence-electron chi connectivity index (χ4n) is 1.51. The molecule has 0 saturated heterocycles. The molecule has 1 amide bonds. The molecule has 0 fully saturated rings. The highest BCUT2D eigenvalue weighted by molar-refractivity contribution is 5.90. The van der Waals surface area contributed by atoms with Crippen LogP contribution in [-0.4, -0.2) is 43.2 Å². The van der Waals surface area contributed by atoms with Crippen LogP contribution >= 0.6 is 0 Å². The van der Waals surface area contributed by atoms with E-state index in [9.17, 15) is 9.59 Å². The Morgan fingerprint density at radius 2 is 2.05 bits per heavy atom. The van der Waals surface area contributed by atoms with Crippen molar-refractivity contribution < 1.29 is 19.4 Å². The monoisotopic (exact) mass is 266 g/mol. The molecule has 104 valence electrons. The van der Waals surface area contributed by atoms with Gasteiger partial charge in [0.15, 0.2) is 0 Å². The fourth-order valence-corrected chi connectivity index (χ4v) is 1.51. The predicted molar refractivity (Wildman–Crippen MR) is 70.4 cm³/mol. The van der Waals surface area contributed by atoms with Crippen molar-refractivity contribution in [1.29, 1.82) is 0 Å². The minimum Gasteiger partial charge on any atom is -0.491 e. The van der Waals surface area contributed by atoms with Crippen molar-refractivity contribution in [3.05, 3.63) is 29.8 Å². The lowest BCUT2D eigenvalue weighted by atomic mass is 10.2. The lowest BCUT2D eigenvalue weighted by Crippen LogP contribution is -2.42. The van der Waals surface area contributed by atoms with Crippen LogP contribution in [0.15, 0.2) is 24.3 Å². The first kappa shape index (κ1) is 15.0. The summed E-state index contributed by atoms with van der Waals surface area (Å²) in [7, 11) is 1.57. The number of carbonyl (C=O) groups is 2. The molecule has 0 aliphatic heterocycles. The number of benzene rings is 1. The number of amides is 1. The molecule has 0 aliphatic rings. The molecular formula is C13H18N2O4. The number of ether oxygens (including phenoxy) is 1. The van der Waals surface area contributed by atoms with E-state index in [1.165, 1.54) is 6.07 Å². The molecule has 1 unspecified atom stereocenters. The molecule has 19 heavy (non-hydrogen) atoms. The third kappa shape index (κ3) is 4.59. The molecule has 1 rings (SSSR count). The van der Waals surface area contributed by atoms with Crippen LogP contribution in [0.25, 0.3) is 0 Å². The van der Waals surface area contributed by atoms with E-state index in [0.29, 0.717) is 12.3 Å². The van der Waals surface area contributed by atoms with Gasteiger partial charge < -0.3 is 20.5 Å². The first-order chi connectivity index (χ1) is 9.06. The maximum absolute atomic E-state index is 11.2. The molecule has 6 nitrogen and oxygen atoms in total. The summed E-state index contributed by atoms with van der Waals surface area (Å²) >= 11 is 0. The van der Waals surface area contributed by atoms with Crippen molar-refractivity contribution in [2.24, 2.45) is 0 Å². The Hall–Kier alpha value is -2.08. The number of nitrogens with one attached hydrogen (secondary N) is 2. The molecule has 0 spiro atoms. The second-order valence-electron chi connectivity index (χ2n) is 3.94. The van der Waals surface area contributed by atoms with Gasteiger partial charge >= 0.3 is 5.97 Å². The molecular weight excluding hydrogens is 248 g/mol. The zero-order chi connectivity index (χ0) is 14.3. The summed E-state index contributed by atoms with van der Waals surface area (Å²) in [4.78, 5) is 22.2. The van der Waals surface area contributed by atoms with Crippen LogP contribution in [0.5, 0.6) is 5.75 Å². The van der Waals surface area contributed by atoms with Gasteiger partial charge in [0, 0.05) is 13.6 Å². The quantitative estimate of drug-likeness (QED) is 0.625. The van der Waals surface area contributed by atoms with Gasteiger partial charge in [0.2, 0.25) is 5.91 Å². The van der Waals surface area contributed by atoms with Crippen LogP contribution in [0.1, 0.15) is 17.3 Å². The Morgan fingerprint density at radius 3 is 2.68 bits per heavy atom. The summed E-state index contributed by atoms with van der Waals surface area (Å²) in [5, 5.41) is 14.5. The van der Waals surface area contributed by atoms with E-state index in [1.54, 1.807) is 32.2 Å². The molecule has 1 atom stereocenters. The molecule has 1 aromatic rings. The summed E-state index contributed by atoms with van der Waals surface area (Å²) in [5.41, 5.74) is 0.127. The third-order valence-electron chi connectivity index (χ3n) is 2.57. The molecule has 0 aliphatic carbocycles. The van der Waals surface area contributed by atoms with E-state index >= 15 is 0 Å². The minimum absolute atomic E-state index is 0.106. The van der Waals surface area contributed by atoms with Crippen molar-refractivity contribution in [3.8, 4) is 5.75 Å². The van der Waals surface area contributed by atoms with Crippen LogP contribution in [0.2, 0.25) is 0 Å². The molecule has 1 aromatic carbocycles. The molecule has 3 N–H and O–H groups in total. The first-order valence-electron chi connectivity index (χ1n) is 5.96. The second kappa shape index (κ2) is 7.38. The molecule has 0 aromatic heterocycles. The minimum atomic E-state index is -1.03. The van der Waals surface area contributed by atoms with Gasteiger partial charge in [-0.05, 0) is 19.1 Å². The summed E-state index contributed by atoms with van der Waals surface area (Å²) in [6.45, 7) is 2.47. The normalized spacial score (nSPS) is 11.7. The number of hydrogen-bond acceptors (Lipinski definition) is 4. The van der Waals surface area contributed by atoms with Crippen LogP contribution in [0.3, 0.4) is 0 Å². The van der Waals surface area contributed by atoms with Crippen molar-refractivity contribution in [3.63, 3.8) is 0 Å². The second-order valence-corrected chi connectivity index (χ2v) is 3.94. The van der Waals surface area contributed by atoms with Gasteiger partial charge in [-0.2, -0.15) is 0 Å². The Labute approximate surface area is 111 Å². The van der Waals surface area contributed by atoms with Gasteiger partial charge in [-0.1, -0.05) is 12.1 Å². The largest absolute Gasteiger partial charge is 0.491 e. The SMILES string of the molecule is CNC(=O)C(C)NCCOc1ccccc1C(=O)O. The van der Waals surface area contributed by atoms with E-state index in [4.69, 9.17) is 9.84 Å². The number of carboxylic acid groups (broad SMARTS) is 1. The maximum Gasteiger partial charge on any atom is 0.339 e. The summed E-state index contributed by atoms with van der Waals surface area (Å²) in [6, 6.07) is 6.12. The Bertz CT molecular complexity index is 448. The van der Waals surface area contributed by atoms with E-state index < -0.39 is 5.97 Å². The lowest BCUT2D eigenvalue weighted by Gasteiger charge is -2.13. The summed E-state index contributed by atoms with van der Waals surface area (Å²) in [5.74, 6) is -0.808. The topological polar surface area (TPSA) is 87.7 Å². The summed E-state index contributed by atoms with van der Waals surface area (Å²) in [6.07, 6.45) is 0. The summed E-state index contributed by atoms with van der Waals surface area (Å²) < 4.78 is 5.39. The van der Waals surface area contributed by atoms with E-state index in [-0.39, 0.29) is 24.1 Å². The van der Waals surface area contributed by atoms with Gasteiger partial charge in [0.05, 0.1) is 6.04 Å². The number of hydrogen-bond donors (Lipinski definition) is 3. The van der Waals surface area contributed by atoms with Crippen molar-refractivity contribution >= 4 is 11.9 Å².